The minimum atomic E-state index is 0. The molecule has 0 unspecified atom stereocenters. The summed E-state index contributed by atoms with van der Waals surface area (Å²) in [5.41, 5.74) is 0. The van der Waals surface area contributed by atoms with Crippen LogP contribution in [0.25, 0.3) is 0 Å². The molecule has 0 aromatic carbocycles. The molecule has 0 aromatic rings. The molecule has 0 saturated heterocycles. The maximum absolute atomic E-state index is 0. The van der Waals surface area contributed by atoms with Gasteiger partial charge >= 0.3 is 0 Å². The SMILES string of the molecule is O.O.O.[Ba].[Mn].[OH-]. The summed E-state index contributed by atoms with van der Waals surface area (Å²) in [6, 6.07) is 0. The summed E-state index contributed by atoms with van der Waals surface area (Å²) in [6.07, 6.45) is 0. The van der Waals surface area contributed by atoms with E-state index in [4.69, 9.17) is 0 Å². The quantitative estimate of drug-likeness (QED) is 0.423. The van der Waals surface area contributed by atoms with Crippen molar-refractivity contribution in [1.82, 2.24) is 0 Å². The Morgan fingerprint density at radius 1 is 0.667 bits per heavy atom. The van der Waals surface area contributed by atoms with Crippen LogP contribution >= 0.6 is 0 Å². The zero-order valence-corrected chi connectivity index (χ0v) is 8.65. The van der Waals surface area contributed by atoms with E-state index in [9.17, 15) is 0 Å². The van der Waals surface area contributed by atoms with Gasteiger partial charge in [-0.1, -0.05) is 0 Å². The first kappa shape index (κ1) is 102. The summed E-state index contributed by atoms with van der Waals surface area (Å²) < 4.78 is 0. The predicted octanol–water partition coefficient (Wildman–Crippen LogP) is -3.03. The minimum absolute atomic E-state index is 0. The molecular weight excluding hydrogens is 256 g/mol. The molecule has 7 N–H and O–H groups in total. The molecule has 6 heteroatoms. The van der Waals surface area contributed by atoms with Crippen LogP contribution < -0.4 is 0 Å². The Morgan fingerprint density at radius 2 is 0.667 bits per heavy atom. The van der Waals surface area contributed by atoms with E-state index < -0.39 is 0 Å². The van der Waals surface area contributed by atoms with Crippen molar-refractivity contribution >= 4 is 48.9 Å². The van der Waals surface area contributed by atoms with Gasteiger partial charge in [-0.15, -0.1) is 0 Å². The van der Waals surface area contributed by atoms with Crippen LogP contribution in [-0.2, 0) is 17.1 Å². The third-order valence-corrected chi connectivity index (χ3v) is 0. The van der Waals surface area contributed by atoms with E-state index in [1.54, 1.807) is 0 Å². The third kappa shape index (κ3) is 38.7. The second kappa shape index (κ2) is 65.4. The molecule has 0 aliphatic carbocycles. The van der Waals surface area contributed by atoms with Crippen LogP contribution in [0.15, 0.2) is 0 Å². The summed E-state index contributed by atoms with van der Waals surface area (Å²) in [6.45, 7) is 0. The molecular formula is H7BaMnO4-. The first-order chi connectivity index (χ1) is 0. The monoisotopic (exact) mass is 264 g/mol. The minimum Gasteiger partial charge on any atom is -0.870 e. The Kier molecular flexibility index (Phi) is 1110. The number of hydrogen-bond acceptors (Lipinski definition) is 1. The molecule has 0 bridgehead atoms. The van der Waals surface area contributed by atoms with E-state index in [2.05, 4.69) is 0 Å². The predicted molar refractivity (Wildman–Crippen MR) is 18.5 cm³/mol. The second-order valence-corrected chi connectivity index (χ2v) is 0. The Bertz CT molecular complexity index is 7.51. The van der Waals surface area contributed by atoms with Crippen LogP contribution in [0.5, 0.6) is 0 Å². The zero-order chi connectivity index (χ0) is 0. The van der Waals surface area contributed by atoms with Gasteiger partial charge in [-0.3, -0.25) is 0 Å². The van der Waals surface area contributed by atoms with Crippen LogP contribution in [0.3, 0.4) is 0 Å². The smallest absolute Gasteiger partial charge is 0 e. The normalized spacial score (nSPS) is 0. The topological polar surface area (TPSA) is 124 Å². The van der Waals surface area contributed by atoms with Gasteiger partial charge in [-0.25, -0.2) is 0 Å². The first-order valence-electron chi connectivity index (χ1n) is 0. The van der Waals surface area contributed by atoms with Crippen LogP contribution in [-0.4, -0.2) is 70.8 Å². The van der Waals surface area contributed by atoms with Gasteiger partial charge < -0.3 is 21.9 Å². The van der Waals surface area contributed by atoms with Gasteiger partial charge in [0.25, 0.3) is 0 Å². The molecule has 41 valence electrons. The summed E-state index contributed by atoms with van der Waals surface area (Å²) in [4.78, 5) is 0. The van der Waals surface area contributed by atoms with Crippen molar-refractivity contribution in [3.05, 3.63) is 0 Å². The first-order valence-corrected chi connectivity index (χ1v) is 0. The van der Waals surface area contributed by atoms with Gasteiger partial charge in [0.2, 0.25) is 0 Å². The van der Waals surface area contributed by atoms with E-state index >= 15 is 0 Å². The third-order valence-electron chi connectivity index (χ3n) is 0. The molecule has 4 nitrogen and oxygen atoms in total. The van der Waals surface area contributed by atoms with Gasteiger partial charge in [0.15, 0.2) is 0 Å². The van der Waals surface area contributed by atoms with Crippen molar-refractivity contribution < 1.29 is 39.0 Å². The average molecular weight is 263 g/mol. The molecule has 0 aliphatic heterocycles. The van der Waals surface area contributed by atoms with Crippen LogP contribution in [0.4, 0.5) is 0 Å². The Labute approximate surface area is 86.5 Å². The largest absolute Gasteiger partial charge is 0.870 e. The standard InChI is InChI=1S/Ba.Mn.4H2O/h;;4*1H2/p-1. The maximum Gasteiger partial charge on any atom is 0 e. The van der Waals surface area contributed by atoms with Crippen molar-refractivity contribution in [1.29, 1.82) is 0 Å². The summed E-state index contributed by atoms with van der Waals surface area (Å²) in [5.74, 6) is 0. The fraction of sp³-hybridized carbons (Fsp3) is 0. The average Bonchev–Trinajstić information content (AvgIpc) is 0. The maximum atomic E-state index is 0. The van der Waals surface area contributed by atoms with Gasteiger partial charge in [0.1, 0.15) is 0 Å². The molecule has 3 radical (unpaired) electrons. The number of rotatable bonds is 0. The van der Waals surface area contributed by atoms with Gasteiger partial charge in [-0.05, 0) is 0 Å². The van der Waals surface area contributed by atoms with Crippen LogP contribution in [0, 0.1) is 0 Å². The molecule has 0 fully saturated rings. The molecule has 6 heavy (non-hydrogen) atoms. The summed E-state index contributed by atoms with van der Waals surface area (Å²) in [5, 5.41) is 0. The zero-order valence-electron chi connectivity index (χ0n) is 3.03. The van der Waals surface area contributed by atoms with E-state index in [-0.39, 0.29) is 87.9 Å². The Hall–Kier alpha value is 1.93. The van der Waals surface area contributed by atoms with Crippen molar-refractivity contribution in [2.24, 2.45) is 0 Å². The van der Waals surface area contributed by atoms with E-state index in [1.807, 2.05) is 0 Å². The van der Waals surface area contributed by atoms with E-state index in [1.165, 1.54) is 0 Å². The molecule has 0 heterocycles. The van der Waals surface area contributed by atoms with Crippen LogP contribution in [0.1, 0.15) is 0 Å². The Balaban J connectivity index is 0. The molecule has 0 spiro atoms. The van der Waals surface area contributed by atoms with Crippen molar-refractivity contribution in [3.8, 4) is 0 Å². The van der Waals surface area contributed by atoms with Crippen LogP contribution in [0.2, 0.25) is 0 Å². The molecule has 0 aliphatic rings. The van der Waals surface area contributed by atoms with Gasteiger partial charge in [0, 0.05) is 65.9 Å². The van der Waals surface area contributed by atoms with Crippen molar-refractivity contribution in [3.63, 3.8) is 0 Å². The van der Waals surface area contributed by atoms with Gasteiger partial charge in [-0.2, -0.15) is 0 Å². The van der Waals surface area contributed by atoms with Crippen molar-refractivity contribution in [2.75, 3.05) is 0 Å². The second-order valence-electron chi connectivity index (χ2n) is 0. The van der Waals surface area contributed by atoms with E-state index in [0.717, 1.165) is 0 Å². The molecule has 0 rings (SSSR count). The van der Waals surface area contributed by atoms with Crippen molar-refractivity contribution in [2.45, 2.75) is 0 Å². The summed E-state index contributed by atoms with van der Waals surface area (Å²) >= 11 is 0. The molecule has 0 atom stereocenters. The fourth-order valence-corrected chi connectivity index (χ4v) is 0. The number of hydrogen-bond donors (Lipinski definition) is 0. The van der Waals surface area contributed by atoms with Gasteiger partial charge in [0.05, 0.1) is 0 Å². The van der Waals surface area contributed by atoms with E-state index in [0.29, 0.717) is 0 Å². The Morgan fingerprint density at radius 3 is 0.667 bits per heavy atom. The fourth-order valence-electron chi connectivity index (χ4n) is 0. The summed E-state index contributed by atoms with van der Waals surface area (Å²) in [7, 11) is 0. The molecule has 0 aromatic heterocycles. The molecule has 0 saturated carbocycles. The molecule has 0 amide bonds.